The van der Waals surface area contributed by atoms with Crippen LogP contribution in [0.5, 0.6) is 0 Å². The van der Waals surface area contributed by atoms with Crippen LogP contribution in [-0.2, 0) is 4.79 Å². The fourth-order valence-corrected chi connectivity index (χ4v) is 2.25. The Morgan fingerprint density at radius 1 is 1.21 bits per heavy atom. The summed E-state index contributed by atoms with van der Waals surface area (Å²) >= 11 is 0. The van der Waals surface area contributed by atoms with Crippen LogP contribution in [-0.4, -0.2) is 20.7 Å². The fourth-order valence-electron chi connectivity index (χ4n) is 2.25. The largest absolute Gasteiger partial charge is 0.365 e. The van der Waals surface area contributed by atoms with Gasteiger partial charge in [-0.15, -0.1) is 0 Å². The van der Waals surface area contributed by atoms with Gasteiger partial charge in [-0.05, 0) is 30.3 Å². The van der Waals surface area contributed by atoms with E-state index < -0.39 is 5.91 Å². The Kier molecular flexibility index (Phi) is 4.17. The Hall–Kier alpha value is -3.72. The van der Waals surface area contributed by atoms with Crippen molar-refractivity contribution in [2.75, 3.05) is 0 Å². The van der Waals surface area contributed by atoms with Gasteiger partial charge in [-0.2, -0.15) is 10.4 Å². The van der Waals surface area contributed by atoms with Crippen LogP contribution in [0.15, 0.2) is 66.6 Å². The molecule has 0 aliphatic rings. The molecule has 6 nitrogen and oxygen atoms in total. The molecule has 0 saturated heterocycles. The maximum atomic E-state index is 11.4. The molecule has 0 radical (unpaired) electrons. The summed E-state index contributed by atoms with van der Waals surface area (Å²) in [5.41, 5.74) is 7.96. The van der Waals surface area contributed by atoms with Gasteiger partial charge >= 0.3 is 0 Å². The van der Waals surface area contributed by atoms with Crippen molar-refractivity contribution in [2.24, 2.45) is 5.73 Å². The van der Waals surface area contributed by atoms with Crippen LogP contribution in [0.4, 0.5) is 0 Å². The van der Waals surface area contributed by atoms with Gasteiger partial charge in [0.25, 0.3) is 5.91 Å². The zero-order valence-electron chi connectivity index (χ0n) is 12.6. The maximum Gasteiger partial charge on any atom is 0.259 e. The fraction of sp³-hybridized carbons (Fsp3) is 0. The standard InChI is InChI=1S/C18H13N5O/c19-10-14(18(20)24)9-15-12-23(16-6-2-1-3-7-16)22-17(15)13-5-4-8-21-11-13/h1-9,11-12H,(H2,20,24)/b14-9+. The van der Waals surface area contributed by atoms with Crippen LogP contribution < -0.4 is 5.73 Å². The molecule has 0 spiro atoms. The van der Waals surface area contributed by atoms with E-state index in [1.165, 1.54) is 6.08 Å². The molecule has 0 atom stereocenters. The summed E-state index contributed by atoms with van der Waals surface area (Å²) in [7, 11) is 0. The number of aromatic nitrogens is 3. The van der Waals surface area contributed by atoms with Gasteiger partial charge < -0.3 is 5.73 Å². The van der Waals surface area contributed by atoms with Crippen molar-refractivity contribution in [1.29, 1.82) is 5.26 Å². The van der Waals surface area contributed by atoms with Gasteiger partial charge in [-0.25, -0.2) is 4.68 Å². The monoisotopic (exact) mass is 315 g/mol. The minimum Gasteiger partial charge on any atom is -0.365 e. The molecule has 0 unspecified atom stereocenters. The number of carbonyl (C=O) groups is 1. The van der Waals surface area contributed by atoms with Crippen LogP contribution >= 0.6 is 0 Å². The summed E-state index contributed by atoms with van der Waals surface area (Å²) in [6.07, 6.45) is 6.53. The number of hydrogen-bond donors (Lipinski definition) is 1. The molecule has 6 heteroatoms. The van der Waals surface area contributed by atoms with Gasteiger partial charge in [0.05, 0.1) is 5.69 Å². The lowest BCUT2D eigenvalue weighted by Crippen LogP contribution is -2.12. The quantitative estimate of drug-likeness (QED) is 0.590. The van der Waals surface area contributed by atoms with E-state index in [0.29, 0.717) is 11.3 Å². The van der Waals surface area contributed by atoms with Gasteiger partial charge in [0, 0.05) is 29.7 Å². The molecule has 2 aromatic heterocycles. The summed E-state index contributed by atoms with van der Waals surface area (Å²) in [4.78, 5) is 15.4. The lowest BCUT2D eigenvalue weighted by molar-refractivity contribution is -0.114. The maximum absolute atomic E-state index is 11.4. The van der Waals surface area contributed by atoms with Gasteiger partial charge in [-0.1, -0.05) is 18.2 Å². The Morgan fingerprint density at radius 2 is 2.00 bits per heavy atom. The number of hydrogen-bond acceptors (Lipinski definition) is 4. The third-order valence-electron chi connectivity index (χ3n) is 3.38. The van der Waals surface area contributed by atoms with Crippen molar-refractivity contribution in [3.05, 3.63) is 72.2 Å². The van der Waals surface area contributed by atoms with E-state index in [2.05, 4.69) is 10.1 Å². The van der Waals surface area contributed by atoms with E-state index in [1.54, 1.807) is 29.3 Å². The summed E-state index contributed by atoms with van der Waals surface area (Å²) < 4.78 is 1.68. The summed E-state index contributed by atoms with van der Waals surface area (Å²) in [5, 5.41) is 13.7. The van der Waals surface area contributed by atoms with E-state index in [9.17, 15) is 4.79 Å². The predicted molar refractivity (Wildman–Crippen MR) is 89.6 cm³/mol. The van der Waals surface area contributed by atoms with Crippen LogP contribution in [0.25, 0.3) is 23.0 Å². The SMILES string of the molecule is N#C/C(=C\c1cn(-c2ccccc2)nc1-c1cccnc1)C(N)=O. The molecule has 0 saturated carbocycles. The average molecular weight is 315 g/mol. The molecule has 0 fully saturated rings. The van der Waals surface area contributed by atoms with E-state index in [0.717, 1.165) is 11.3 Å². The highest BCUT2D eigenvalue weighted by atomic mass is 16.1. The molecule has 0 aliphatic heterocycles. The zero-order chi connectivity index (χ0) is 16.9. The first-order valence-electron chi connectivity index (χ1n) is 7.16. The highest BCUT2D eigenvalue weighted by molar-refractivity contribution is 6.01. The highest BCUT2D eigenvalue weighted by Crippen LogP contribution is 2.25. The normalized spacial score (nSPS) is 11.0. The first-order chi connectivity index (χ1) is 11.7. The molecule has 1 aromatic carbocycles. The number of nitriles is 1. The minimum absolute atomic E-state index is 0.132. The summed E-state index contributed by atoms with van der Waals surface area (Å²) in [6, 6.07) is 15.0. The number of benzene rings is 1. The first-order valence-corrected chi connectivity index (χ1v) is 7.16. The van der Waals surface area contributed by atoms with E-state index in [-0.39, 0.29) is 5.57 Å². The molecule has 3 aromatic rings. The topological polar surface area (TPSA) is 97.6 Å². The lowest BCUT2D eigenvalue weighted by Gasteiger charge is -2.00. The van der Waals surface area contributed by atoms with E-state index >= 15 is 0 Å². The van der Waals surface area contributed by atoms with Crippen LogP contribution in [0.2, 0.25) is 0 Å². The number of amides is 1. The number of carbonyl (C=O) groups excluding carboxylic acids is 1. The molecule has 2 heterocycles. The van der Waals surface area contributed by atoms with E-state index in [4.69, 9.17) is 11.0 Å². The molecule has 1 amide bonds. The average Bonchev–Trinajstić information content (AvgIpc) is 3.05. The number of para-hydroxylation sites is 1. The minimum atomic E-state index is -0.776. The Labute approximate surface area is 138 Å². The third-order valence-corrected chi connectivity index (χ3v) is 3.38. The van der Waals surface area contributed by atoms with Crippen molar-refractivity contribution in [1.82, 2.24) is 14.8 Å². The zero-order valence-corrected chi connectivity index (χ0v) is 12.6. The van der Waals surface area contributed by atoms with Crippen molar-refractivity contribution in [2.45, 2.75) is 0 Å². The van der Waals surface area contributed by atoms with Crippen LogP contribution in [0, 0.1) is 11.3 Å². The van der Waals surface area contributed by atoms with Crippen LogP contribution in [0.1, 0.15) is 5.56 Å². The molecular weight excluding hydrogens is 302 g/mol. The Balaban J connectivity index is 2.18. The lowest BCUT2D eigenvalue weighted by atomic mass is 10.1. The number of nitrogens with two attached hydrogens (primary N) is 1. The predicted octanol–water partition coefficient (Wildman–Crippen LogP) is 2.33. The Bertz CT molecular complexity index is 937. The van der Waals surface area contributed by atoms with Gasteiger partial charge in [0.15, 0.2) is 0 Å². The molecular formula is C18H13N5O. The number of pyridine rings is 1. The van der Waals surface area contributed by atoms with Crippen molar-refractivity contribution < 1.29 is 4.79 Å². The number of rotatable bonds is 4. The first kappa shape index (κ1) is 15.2. The summed E-state index contributed by atoms with van der Waals surface area (Å²) in [5.74, 6) is -0.776. The molecule has 24 heavy (non-hydrogen) atoms. The Morgan fingerprint density at radius 3 is 2.62 bits per heavy atom. The molecule has 2 N–H and O–H groups in total. The van der Waals surface area contributed by atoms with Crippen molar-refractivity contribution in [3.63, 3.8) is 0 Å². The second-order valence-electron chi connectivity index (χ2n) is 4.99. The smallest absolute Gasteiger partial charge is 0.259 e. The number of primary amides is 1. The molecule has 0 bridgehead atoms. The van der Waals surface area contributed by atoms with Gasteiger partial charge in [0.2, 0.25) is 0 Å². The highest BCUT2D eigenvalue weighted by Gasteiger charge is 2.13. The van der Waals surface area contributed by atoms with Gasteiger partial charge in [-0.3, -0.25) is 9.78 Å². The van der Waals surface area contributed by atoms with Crippen molar-refractivity contribution >= 4 is 12.0 Å². The molecule has 0 aliphatic carbocycles. The van der Waals surface area contributed by atoms with Crippen LogP contribution in [0.3, 0.4) is 0 Å². The third kappa shape index (κ3) is 3.05. The van der Waals surface area contributed by atoms with Crippen molar-refractivity contribution in [3.8, 4) is 23.0 Å². The van der Waals surface area contributed by atoms with E-state index in [1.807, 2.05) is 42.5 Å². The van der Waals surface area contributed by atoms with Gasteiger partial charge in [0.1, 0.15) is 17.3 Å². The molecule has 3 rings (SSSR count). The number of nitrogens with zero attached hydrogens (tertiary/aromatic N) is 4. The molecule has 116 valence electrons. The summed E-state index contributed by atoms with van der Waals surface area (Å²) in [6.45, 7) is 0. The second-order valence-corrected chi connectivity index (χ2v) is 4.99. The second kappa shape index (κ2) is 6.58.